The number of fused-ring (bicyclic) bond motifs is 1. The van der Waals surface area contributed by atoms with Gasteiger partial charge in [0.1, 0.15) is 5.75 Å². The Kier molecular flexibility index (Phi) is 4.91. The molecule has 1 atom stereocenters. The molecule has 23 heavy (non-hydrogen) atoms. The van der Waals surface area contributed by atoms with Crippen molar-refractivity contribution in [1.29, 1.82) is 0 Å². The molecule has 2 aromatic rings. The van der Waals surface area contributed by atoms with Gasteiger partial charge in [-0.15, -0.1) is 11.8 Å². The maximum Gasteiger partial charge on any atom is 0.235 e. The topological polar surface area (TPSA) is 67.0 Å². The van der Waals surface area contributed by atoms with Crippen LogP contribution in [0.4, 0.5) is 5.82 Å². The number of unbranched alkanes of at least 4 members (excludes halogenated alkanes) is 1. The zero-order valence-electron chi connectivity index (χ0n) is 13.4. The lowest BCUT2D eigenvalue weighted by atomic mass is 10.0. The minimum Gasteiger partial charge on any atom is -0.494 e. The number of rotatable bonds is 5. The highest BCUT2D eigenvalue weighted by Gasteiger charge is 2.28. The van der Waals surface area contributed by atoms with Gasteiger partial charge in [-0.1, -0.05) is 25.5 Å². The number of benzene rings is 1. The first-order chi connectivity index (χ1) is 11.2. The average molecular weight is 331 g/mol. The minimum atomic E-state index is -0.00947. The minimum absolute atomic E-state index is 0.00947. The molecule has 0 saturated heterocycles. The summed E-state index contributed by atoms with van der Waals surface area (Å²) in [4.78, 5) is 11.8. The number of nitrogens with one attached hydrogen (secondary N) is 2. The summed E-state index contributed by atoms with van der Waals surface area (Å²) >= 11 is 1.62. The lowest BCUT2D eigenvalue weighted by Crippen LogP contribution is -2.12. The summed E-state index contributed by atoms with van der Waals surface area (Å²) in [6, 6.07) is 8.15. The number of hydrogen-bond acceptors (Lipinski definition) is 4. The highest BCUT2D eigenvalue weighted by atomic mass is 32.2. The SMILES string of the molecule is CCCCOc1ccc(C2SCC(=O)Nc3n[nH]c(C)c32)cc1. The fraction of sp³-hybridized carbons (Fsp3) is 0.412. The van der Waals surface area contributed by atoms with Crippen molar-refractivity contribution < 1.29 is 9.53 Å². The maximum atomic E-state index is 11.8. The van der Waals surface area contributed by atoms with E-state index in [-0.39, 0.29) is 11.2 Å². The molecule has 2 heterocycles. The second kappa shape index (κ2) is 7.08. The van der Waals surface area contributed by atoms with Gasteiger partial charge in [-0.05, 0) is 31.0 Å². The van der Waals surface area contributed by atoms with E-state index < -0.39 is 0 Å². The maximum absolute atomic E-state index is 11.8. The Morgan fingerprint density at radius 1 is 1.35 bits per heavy atom. The van der Waals surface area contributed by atoms with E-state index in [4.69, 9.17) is 4.74 Å². The Morgan fingerprint density at radius 2 is 2.13 bits per heavy atom. The van der Waals surface area contributed by atoms with Crippen LogP contribution in [0.25, 0.3) is 0 Å². The third-order valence-corrected chi connectivity index (χ3v) is 5.12. The van der Waals surface area contributed by atoms with Crippen molar-refractivity contribution in [2.75, 3.05) is 17.7 Å². The van der Waals surface area contributed by atoms with Crippen LogP contribution in [0.3, 0.4) is 0 Å². The zero-order chi connectivity index (χ0) is 16.2. The first kappa shape index (κ1) is 15.9. The molecule has 5 nitrogen and oxygen atoms in total. The predicted molar refractivity (Wildman–Crippen MR) is 93.1 cm³/mol. The van der Waals surface area contributed by atoms with Gasteiger partial charge >= 0.3 is 0 Å². The lowest BCUT2D eigenvalue weighted by Gasteiger charge is -2.15. The number of aromatic amines is 1. The number of aromatic nitrogens is 2. The Labute approximate surface area is 140 Å². The third kappa shape index (κ3) is 3.52. The van der Waals surface area contributed by atoms with Crippen LogP contribution in [0.5, 0.6) is 5.75 Å². The second-order valence-corrected chi connectivity index (χ2v) is 6.71. The van der Waals surface area contributed by atoms with Crippen molar-refractivity contribution in [2.45, 2.75) is 31.9 Å². The van der Waals surface area contributed by atoms with E-state index in [1.165, 1.54) is 0 Å². The smallest absolute Gasteiger partial charge is 0.235 e. The Balaban J connectivity index is 1.83. The fourth-order valence-corrected chi connectivity index (χ4v) is 3.80. The molecule has 1 aromatic heterocycles. The first-order valence-corrected chi connectivity index (χ1v) is 8.93. The van der Waals surface area contributed by atoms with Crippen LogP contribution < -0.4 is 10.1 Å². The molecule has 0 bridgehead atoms. The molecule has 3 rings (SSSR count). The average Bonchev–Trinajstić information content (AvgIpc) is 2.81. The van der Waals surface area contributed by atoms with Crippen LogP contribution in [0.2, 0.25) is 0 Å². The van der Waals surface area contributed by atoms with Crippen LogP contribution in [0.1, 0.15) is 41.8 Å². The second-order valence-electron chi connectivity index (χ2n) is 5.62. The number of ether oxygens (including phenoxy) is 1. The Bertz CT molecular complexity index is 682. The van der Waals surface area contributed by atoms with E-state index in [0.717, 1.165) is 42.0 Å². The number of nitrogens with zero attached hydrogens (tertiary/aromatic N) is 1. The van der Waals surface area contributed by atoms with Crippen LogP contribution in [0, 0.1) is 6.92 Å². The molecule has 6 heteroatoms. The van der Waals surface area contributed by atoms with Gasteiger partial charge in [0.05, 0.1) is 17.6 Å². The largest absolute Gasteiger partial charge is 0.494 e. The molecule has 0 spiro atoms. The fourth-order valence-electron chi connectivity index (χ4n) is 2.60. The van der Waals surface area contributed by atoms with E-state index in [9.17, 15) is 4.79 Å². The van der Waals surface area contributed by atoms with E-state index >= 15 is 0 Å². The van der Waals surface area contributed by atoms with Gasteiger partial charge in [-0.2, -0.15) is 5.10 Å². The molecule has 0 aliphatic carbocycles. The van der Waals surface area contributed by atoms with Crippen molar-refractivity contribution in [3.8, 4) is 5.75 Å². The number of carbonyl (C=O) groups is 1. The highest BCUT2D eigenvalue weighted by Crippen LogP contribution is 2.42. The molecule has 2 N–H and O–H groups in total. The number of H-pyrrole nitrogens is 1. The summed E-state index contributed by atoms with van der Waals surface area (Å²) in [5.41, 5.74) is 3.20. The van der Waals surface area contributed by atoms with Crippen LogP contribution in [-0.2, 0) is 4.79 Å². The van der Waals surface area contributed by atoms with Crippen molar-refractivity contribution in [2.24, 2.45) is 0 Å². The molecule has 122 valence electrons. The molecule has 1 aliphatic rings. The van der Waals surface area contributed by atoms with Crippen molar-refractivity contribution in [3.63, 3.8) is 0 Å². The third-order valence-electron chi connectivity index (χ3n) is 3.85. The van der Waals surface area contributed by atoms with Crippen molar-refractivity contribution in [1.82, 2.24) is 10.2 Å². The highest BCUT2D eigenvalue weighted by molar-refractivity contribution is 8.00. The van der Waals surface area contributed by atoms with Crippen molar-refractivity contribution in [3.05, 3.63) is 41.1 Å². The van der Waals surface area contributed by atoms with Gasteiger partial charge in [-0.25, -0.2) is 0 Å². The van der Waals surface area contributed by atoms with E-state index in [1.54, 1.807) is 11.8 Å². The van der Waals surface area contributed by atoms with E-state index in [2.05, 4.69) is 34.6 Å². The standard InChI is InChI=1S/C17H21N3O2S/c1-3-4-9-22-13-7-5-12(6-8-13)16-15-11(2)19-20-17(15)18-14(21)10-23-16/h5-8,16H,3-4,9-10H2,1-2H3,(H2,18,19,20,21). The Hall–Kier alpha value is -1.95. The molecular formula is C17H21N3O2S. The van der Waals surface area contributed by atoms with Gasteiger partial charge in [0.15, 0.2) is 5.82 Å². The van der Waals surface area contributed by atoms with Crippen molar-refractivity contribution >= 4 is 23.5 Å². The summed E-state index contributed by atoms with van der Waals surface area (Å²) in [5.74, 6) is 1.95. The summed E-state index contributed by atoms with van der Waals surface area (Å²) in [5, 5.41) is 10.1. The van der Waals surface area contributed by atoms with Gasteiger partial charge in [0, 0.05) is 11.3 Å². The molecule has 0 radical (unpaired) electrons. The van der Waals surface area contributed by atoms with Crippen LogP contribution >= 0.6 is 11.8 Å². The number of aryl methyl sites for hydroxylation is 1. The van der Waals surface area contributed by atoms with Gasteiger partial charge in [0.25, 0.3) is 0 Å². The number of thioether (sulfide) groups is 1. The summed E-state index contributed by atoms with van der Waals surface area (Å²) in [6.07, 6.45) is 2.19. The monoisotopic (exact) mass is 331 g/mol. The summed E-state index contributed by atoms with van der Waals surface area (Å²) in [7, 11) is 0. The molecule has 1 aliphatic heterocycles. The molecule has 0 fully saturated rings. The first-order valence-electron chi connectivity index (χ1n) is 7.88. The number of amides is 1. The normalized spacial score (nSPS) is 17.3. The zero-order valence-corrected chi connectivity index (χ0v) is 14.2. The lowest BCUT2D eigenvalue weighted by molar-refractivity contribution is -0.113. The molecular weight excluding hydrogens is 310 g/mol. The summed E-state index contributed by atoms with van der Waals surface area (Å²) in [6.45, 7) is 4.88. The molecule has 1 amide bonds. The van der Waals surface area contributed by atoms with Crippen LogP contribution in [-0.4, -0.2) is 28.5 Å². The number of anilines is 1. The number of hydrogen-bond donors (Lipinski definition) is 2. The van der Waals surface area contributed by atoms with Crippen LogP contribution in [0.15, 0.2) is 24.3 Å². The molecule has 1 aromatic carbocycles. The summed E-state index contributed by atoms with van der Waals surface area (Å²) < 4.78 is 5.72. The quantitative estimate of drug-likeness (QED) is 0.820. The Morgan fingerprint density at radius 3 is 2.87 bits per heavy atom. The van der Waals surface area contributed by atoms with E-state index in [0.29, 0.717) is 11.6 Å². The van der Waals surface area contributed by atoms with Gasteiger partial charge in [-0.3, -0.25) is 9.89 Å². The molecule has 0 saturated carbocycles. The number of carbonyl (C=O) groups excluding carboxylic acids is 1. The predicted octanol–water partition coefficient (Wildman–Crippen LogP) is 3.67. The van der Waals surface area contributed by atoms with Gasteiger partial charge in [0.2, 0.25) is 5.91 Å². The molecule has 1 unspecified atom stereocenters. The van der Waals surface area contributed by atoms with Gasteiger partial charge < -0.3 is 10.1 Å². The van der Waals surface area contributed by atoms with E-state index in [1.807, 2.05) is 19.1 Å².